The lowest BCUT2D eigenvalue weighted by molar-refractivity contribution is 0.152. The van der Waals surface area contributed by atoms with Gasteiger partial charge in [-0.15, -0.1) is 0 Å². The van der Waals surface area contributed by atoms with Gasteiger partial charge in [0.25, 0.3) is 0 Å². The highest BCUT2D eigenvalue weighted by Crippen LogP contribution is 2.14. The molecule has 0 bridgehead atoms. The van der Waals surface area contributed by atoms with E-state index in [1.165, 1.54) is 0 Å². The van der Waals surface area contributed by atoms with Crippen LogP contribution in [-0.4, -0.2) is 43.9 Å². The van der Waals surface area contributed by atoms with E-state index in [2.05, 4.69) is 4.90 Å². The number of rotatable bonds is 6. The van der Waals surface area contributed by atoms with Crippen molar-refractivity contribution in [3.05, 3.63) is 29.8 Å². The lowest BCUT2D eigenvalue weighted by Gasteiger charge is -2.14. The summed E-state index contributed by atoms with van der Waals surface area (Å²) in [4.78, 5) is 2.08. The van der Waals surface area contributed by atoms with Gasteiger partial charge in [0.15, 0.2) is 0 Å². The van der Waals surface area contributed by atoms with Crippen LogP contribution in [0.2, 0.25) is 0 Å². The first kappa shape index (κ1) is 13.0. The van der Waals surface area contributed by atoms with Crippen molar-refractivity contribution in [1.29, 1.82) is 0 Å². The molecule has 0 saturated carbocycles. The van der Waals surface area contributed by atoms with Crippen LogP contribution in [0.25, 0.3) is 0 Å². The zero-order chi connectivity index (χ0) is 12.0. The Morgan fingerprint density at radius 2 is 2.12 bits per heavy atom. The fourth-order valence-corrected chi connectivity index (χ4v) is 1.58. The van der Waals surface area contributed by atoms with Crippen LogP contribution < -0.4 is 4.74 Å². The molecule has 0 aromatic heterocycles. The zero-order valence-electron chi connectivity index (χ0n) is 10.3. The van der Waals surface area contributed by atoms with E-state index >= 15 is 0 Å². The minimum atomic E-state index is -0.283. The fourth-order valence-electron chi connectivity index (χ4n) is 1.58. The molecular weight excluding hydrogens is 202 g/mol. The quantitative estimate of drug-likeness (QED) is 0.794. The van der Waals surface area contributed by atoms with Gasteiger partial charge >= 0.3 is 0 Å². The Labute approximate surface area is 97.7 Å². The minimum Gasteiger partial charge on any atom is -0.497 e. The predicted molar refractivity (Wildman–Crippen MR) is 65.9 cm³/mol. The first-order valence-electron chi connectivity index (χ1n) is 5.57. The second-order valence-corrected chi connectivity index (χ2v) is 4.30. The second kappa shape index (κ2) is 6.51. The number of nitrogens with zero attached hydrogens (tertiary/aromatic N) is 1. The molecule has 0 fully saturated rings. The third kappa shape index (κ3) is 4.64. The molecule has 1 unspecified atom stereocenters. The Hall–Kier alpha value is -1.06. The molecule has 0 heterocycles. The highest BCUT2D eigenvalue weighted by molar-refractivity contribution is 5.28. The summed E-state index contributed by atoms with van der Waals surface area (Å²) in [5, 5.41) is 9.85. The first-order valence-corrected chi connectivity index (χ1v) is 5.57. The first-order chi connectivity index (χ1) is 7.61. The van der Waals surface area contributed by atoms with E-state index in [0.29, 0.717) is 6.42 Å². The van der Waals surface area contributed by atoms with Crippen LogP contribution >= 0.6 is 0 Å². The summed E-state index contributed by atoms with van der Waals surface area (Å²) >= 11 is 0. The average Bonchev–Trinajstić information content (AvgIpc) is 2.26. The number of ether oxygens (including phenoxy) is 1. The summed E-state index contributed by atoms with van der Waals surface area (Å²) in [6.45, 7) is 0.908. The minimum absolute atomic E-state index is 0.283. The number of aliphatic hydroxyl groups excluding tert-OH is 1. The molecule has 0 spiro atoms. The maximum atomic E-state index is 9.85. The molecule has 3 nitrogen and oxygen atoms in total. The monoisotopic (exact) mass is 223 g/mol. The van der Waals surface area contributed by atoms with Gasteiger partial charge in [0.05, 0.1) is 13.2 Å². The van der Waals surface area contributed by atoms with Gasteiger partial charge in [-0.05, 0) is 51.2 Å². The van der Waals surface area contributed by atoms with Crippen LogP contribution in [0.15, 0.2) is 24.3 Å². The van der Waals surface area contributed by atoms with Crippen molar-refractivity contribution in [1.82, 2.24) is 4.90 Å². The zero-order valence-corrected chi connectivity index (χ0v) is 10.3. The van der Waals surface area contributed by atoms with E-state index in [1.54, 1.807) is 7.11 Å². The van der Waals surface area contributed by atoms with Crippen molar-refractivity contribution >= 4 is 0 Å². The maximum Gasteiger partial charge on any atom is 0.119 e. The second-order valence-electron chi connectivity index (χ2n) is 4.30. The Kier molecular flexibility index (Phi) is 5.29. The molecule has 0 aliphatic rings. The van der Waals surface area contributed by atoms with E-state index in [9.17, 15) is 5.11 Å². The molecule has 0 aliphatic carbocycles. The number of methoxy groups -OCH3 is 1. The van der Waals surface area contributed by atoms with Crippen molar-refractivity contribution < 1.29 is 9.84 Å². The van der Waals surface area contributed by atoms with Gasteiger partial charge in [-0.2, -0.15) is 0 Å². The van der Waals surface area contributed by atoms with Crippen LogP contribution in [0, 0.1) is 0 Å². The molecule has 1 rings (SSSR count). The molecule has 1 aromatic rings. The molecule has 0 aliphatic heterocycles. The lowest BCUT2D eigenvalue weighted by Crippen LogP contribution is -2.20. The summed E-state index contributed by atoms with van der Waals surface area (Å²) in [7, 11) is 5.68. The third-order valence-electron chi connectivity index (χ3n) is 2.52. The average molecular weight is 223 g/mol. The third-order valence-corrected chi connectivity index (χ3v) is 2.52. The van der Waals surface area contributed by atoms with E-state index in [-0.39, 0.29) is 6.10 Å². The van der Waals surface area contributed by atoms with Crippen LogP contribution in [0.1, 0.15) is 12.0 Å². The fraction of sp³-hybridized carbons (Fsp3) is 0.538. The van der Waals surface area contributed by atoms with E-state index in [4.69, 9.17) is 4.74 Å². The highest BCUT2D eigenvalue weighted by Gasteiger charge is 2.06. The highest BCUT2D eigenvalue weighted by atomic mass is 16.5. The standard InChI is InChI=1S/C13H21NO2/c1-14(2)8-7-12(15)9-11-5-4-6-13(10-11)16-3/h4-6,10,12,15H,7-9H2,1-3H3. The van der Waals surface area contributed by atoms with E-state index in [0.717, 1.165) is 24.3 Å². The van der Waals surface area contributed by atoms with Gasteiger partial charge in [-0.25, -0.2) is 0 Å². The van der Waals surface area contributed by atoms with Gasteiger partial charge in [0.2, 0.25) is 0 Å². The Morgan fingerprint density at radius 3 is 2.75 bits per heavy atom. The summed E-state index contributed by atoms with van der Waals surface area (Å²) < 4.78 is 5.14. The number of hydrogen-bond donors (Lipinski definition) is 1. The molecule has 3 heteroatoms. The van der Waals surface area contributed by atoms with Gasteiger partial charge in [0, 0.05) is 0 Å². The molecule has 16 heavy (non-hydrogen) atoms. The van der Waals surface area contributed by atoms with Gasteiger partial charge in [0.1, 0.15) is 5.75 Å². The number of aliphatic hydroxyl groups is 1. The predicted octanol–water partition coefficient (Wildman–Crippen LogP) is 1.55. The normalized spacial score (nSPS) is 12.8. The topological polar surface area (TPSA) is 32.7 Å². The SMILES string of the molecule is COc1cccc(CC(O)CCN(C)C)c1. The maximum absolute atomic E-state index is 9.85. The largest absolute Gasteiger partial charge is 0.497 e. The molecule has 1 N–H and O–H groups in total. The van der Waals surface area contributed by atoms with Crippen molar-refractivity contribution in [2.45, 2.75) is 18.9 Å². The van der Waals surface area contributed by atoms with Crippen molar-refractivity contribution in [3.8, 4) is 5.75 Å². The molecule has 0 radical (unpaired) electrons. The van der Waals surface area contributed by atoms with E-state index in [1.807, 2.05) is 38.4 Å². The molecule has 0 amide bonds. The lowest BCUT2D eigenvalue weighted by atomic mass is 10.1. The Balaban J connectivity index is 2.45. The molecule has 0 saturated heterocycles. The molecule has 1 aromatic carbocycles. The van der Waals surface area contributed by atoms with Gasteiger partial charge in [-0.1, -0.05) is 12.1 Å². The summed E-state index contributed by atoms with van der Waals surface area (Å²) in [6, 6.07) is 7.85. The van der Waals surface area contributed by atoms with Crippen LogP contribution in [-0.2, 0) is 6.42 Å². The van der Waals surface area contributed by atoms with Gasteiger partial charge < -0.3 is 14.7 Å². The molecule has 90 valence electrons. The van der Waals surface area contributed by atoms with Gasteiger partial charge in [-0.3, -0.25) is 0 Å². The smallest absolute Gasteiger partial charge is 0.119 e. The number of hydrogen-bond acceptors (Lipinski definition) is 3. The number of benzene rings is 1. The molecule has 1 atom stereocenters. The Bertz CT molecular complexity index is 313. The van der Waals surface area contributed by atoms with Crippen molar-refractivity contribution in [2.75, 3.05) is 27.7 Å². The van der Waals surface area contributed by atoms with E-state index < -0.39 is 0 Å². The summed E-state index contributed by atoms with van der Waals surface area (Å²) in [5.41, 5.74) is 1.12. The van der Waals surface area contributed by atoms with Crippen molar-refractivity contribution in [2.24, 2.45) is 0 Å². The summed E-state index contributed by atoms with van der Waals surface area (Å²) in [6.07, 6.45) is 1.20. The molecular formula is C13H21NO2. The van der Waals surface area contributed by atoms with Crippen LogP contribution in [0.3, 0.4) is 0 Å². The summed E-state index contributed by atoms with van der Waals surface area (Å²) in [5.74, 6) is 0.845. The Morgan fingerprint density at radius 1 is 1.38 bits per heavy atom. The van der Waals surface area contributed by atoms with Crippen LogP contribution in [0.5, 0.6) is 5.75 Å². The van der Waals surface area contributed by atoms with Crippen molar-refractivity contribution in [3.63, 3.8) is 0 Å². The van der Waals surface area contributed by atoms with Crippen LogP contribution in [0.4, 0.5) is 0 Å².